The molecule has 26 heavy (non-hydrogen) atoms. The number of nitrogens with one attached hydrogen (secondary N) is 2. The summed E-state index contributed by atoms with van der Waals surface area (Å²) >= 11 is 5.07. The predicted octanol–water partition coefficient (Wildman–Crippen LogP) is 1.95. The number of hydrogen-bond donors (Lipinski definition) is 2. The molecule has 0 atom stereocenters. The molecule has 0 spiro atoms. The van der Waals surface area contributed by atoms with Crippen molar-refractivity contribution in [3.05, 3.63) is 52.3 Å². The van der Waals surface area contributed by atoms with Gasteiger partial charge in [0.1, 0.15) is 17.3 Å². The third kappa shape index (κ3) is 3.67. The number of ether oxygens (including phenoxy) is 1. The van der Waals surface area contributed by atoms with E-state index in [1.54, 1.807) is 28.6 Å². The first kappa shape index (κ1) is 17.9. The smallest absolute Gasteiger partial charge is 0.271 e. The van der Waals surface area contributed by atoms with E-state index in [0.29, 0.717) is 29.2 Å². The lowest BCUT2D eigenvalue weighted by Gasteiger charge is -2.09. The second-order valence-corrected chi connectivity index (χ2v) is 6.22. The highest BCUT2D eigenvalue weighted by molar-refractivity contribution is 7.71. The largest absolute Gasteiger partial charge is 0.494 e. The molecule has 9 heteroatoms. The molecule has 2 heterocycles. The molecule has 0 saturated heterocycles. The summed E-state index contributed by atoms with van der Waals surface area (Å²) in [7, 11) is 3.44. The summed E-state index contributed by atoms with van der Waals surface area (Å²) in [5.41, 5.74) is 2.20. The number of H-pyrrole nitrogens is 1. The van der Waals surface area contributed by atoms with E-state index in [-0.39, 0.29) is 5.91 Å². The Morgan fingerprint density at radius 1 is 1.38 bits per heavy atom. The molecule has 136 valence electrons. The first-order valence-electron chi connectivity index (χ1n) is 8.08. The number of rotatable bonds is 6. The van der Waals surface area contributed by atoms with Crippen molar-refractivity contribution in [2.45, 2.75) is 13.3 Å². The van der Waals surface area contributed by atoms with Crippen molar-refractivity contribution < 1.29 is 9.53 Å². The number of aromatic nitrogens is 5. The van der Waals surface area contributed by atoms with Gasteiger partial charge in [-0.3, -0.25) is 9.89 Å². The molecule has 1 amide bonds. The number of amides is 1. The number of hydrogen-bond acceptors (Lipinski definition) is 5. The molecule has 0 bridgehead atoms. The maximum Gasteiger partial charge on any atom is 0.271 e. The molecule has 0 aliphatic rings. The van der Waals surface area contributed by atoms with Crippen LogP contribution in [0.15, 0.2) is 30.5 Å². The maximum absolute atomic E-state index is 12.3. The fourth-order valence-electron chi connectivity index (χ4n) is 2.54. The van der Waals surface area contributed by atoms with Gasteiger partial charge in [-0.2, -0.15) is 10.2 Å². The summed E-state index contributed by atoms with van der Waals surface area (Å²) in [4.78, 5) is 12.3. The van der Waals surface area contributed by atoms with E-state index in [2.05, 4.69) is 20.6 Å². The highest BCUT2D eigenvalue weighted by atomic mass is 32.1. The predicted molar refractivity (Wildman–Crippen MR) is 99.3 cm³/mol. The minimum atomic E-state index is -0.243. The van der Waals surface area contributed by atoms with Crippen LogP contribution in [0.1, 0.15) is 21.9 Å². The zero-order valence-corrected chi connectivity index (χ0v) is 15.6. The van der Waals surface area contributed by atoms with Crippen LogP contribution in [0.5, 0.6) is 5.75 Å². The lowest BCUT2D eigenvalue weighted by molar-refractivity contribution is 0.0948. The van der Waals surface area contributed by atoms with Gasteiger partial charge in [-0.25, -0.2) is 4.68 Å². The number of methoxy groups -OCH3 is 1. The fourth-order valence-corrected chi connectivity index (χ4v) is 2.69. The third-order valence-corrected chi connectivity index (χ3v) is 4.37. The van der Waals surface area contributed by atoms with Crippen LogP contribution in [0.3, 0.4) is 0 Å². The van der Waals surface area contributed by atoms with E-state index in [1.165, 1.54) is 0 Å². The first-order valence-corrected chi connectivity index (χ1v) is 8.49. The van der Waals surface area contributed by atoms with Gasteiger partial charge in [0.25, 0.3) is 5.91 Å². The van der Waals surface area contributed by atoms with Gasteiger partial charge in [-0.1, -0.05) is 6.07 Å². The molecule has 8 nitrogen and oxygen atoms in total. The standard InChI is InChI=1S/C17H20N6O2S/c1-11-4-5-14(25-3)13(10-11)23-9-7-12(21-23)16(24)18-8-6-15-19-20-17(26)22(15)2/h4-5,7,9-10H,6,8H2,1-3H3,(H,18,24)(H,20,26). The summed E-state index contributed by atoms with van der Waals surface area (Å²) in [6, 6.07) is 7.47. The molecular weight excluding hydrogens is 352 g/mol. The van der Waals surface area contributed by atoms with Crippen LogP contribution in [0, 0.1) is 11.7 Å². The minimum absolute atomic E-state index is 0.243. The molecule has 0 saturated carbocycles. The van der Waals surface area contributed by atoms with Gasteiger partial charge >= 0.3 is 0 Å². The van der Waals surface area contributed by atoms with Crippen LogP contribution < -0.4 is 10.1 Å². The Labute approximate surface area is 155 Å². The molecule has 3 aromatic rings. The average molecular weight is 372 g/mol. The summed E-state index contributed by atoms with van der Waals surface area (Å²) in [6.45, 7) is 2.43. The number of aromatic amines is 1. The van der Waals surface area contributed by atoms with Crippen molar-refractivity contribution in [1.82, 2.24) is 29.9 Å². The Morgan fingerprint density at radius 3 is 2.88 bits per heavy atom. The van der Waals surface area contributed by atoms with Gasteiger partial charge in [0, 0.05) is 26.2 Å². The first-order chi connectivity index (χ1) is 12.5. The molecule has 0 aliphatic carbocycles. The van der Waals surface area contributed by atoms with E-state index in [9.17, 15) is 4.79 Å². The van der Waals surface area contributed by atoms with Gasteiger partial charge in [-0.15, -0.1) is 0 Å². The van der Waals surface area contributed by atoms with Gasteiger partial charge in [0.05, 0.1) is 7.11 Å². The second kappa shape index (κ2) is 7.52. The van der Waals surface area contributed by atoms with E-state index in [0.717, 1.165) is 17.1 Å². The zero-order valence-electron chi connectivity index (χ0n) is 14.8. The van der Waals surface area contributed by atoms with E-state index < -0.39 is 0 Å². The molecule has 0 unspecified atom stereocenters. The Hall–Kier alpha value is -2.94. The van der Waals surface area contributed by atoms with E-state index >= 15 is 0 Å². The molecular formula is C17H20N6O2S. The number of carbonyl (C=O) groups is 1. The van der Waals surface area contributed by atoms with Crippen molar-refractivity contribution >= 4 is 18.1 Å². The number of carbonyl (C=O) groups excluding carboxylic acids is 1. The third-order valence-electron chi connectivity index (χ3n) is 4.01. The number of benzene rings is 1. The topological polar surface area (TPSA) is 89.8 Å². The summed E-state index contributed by atoms with van der Waals surface area (Å²) in [6.07, 6.45) is 2.31. The summed E-state index contributed by atoms with van der Waals surface area (Å²) in [5.74, 6) is 1.23. The van der Waals surface area contributed by atoms with E-state index in [1.807, 2.05) is 32.2 Å². The van der Waals surface area contributed by atoms with Gasteiger partial charge in [0.15, 0.2) is 10.5 Å². The minimum Gasteiger partial charge on any atom is -0.494 e. The van der Waals surface area contributed by atoms with Crippen molar-refractivity contribution in [2.24, 2.45) is 7.05 Å². The van der Waals surface area contributed by atoms with Crippen LogP contribution in [0.2, 0.25) is 0 Å². The van der Waals surface area contributed by atoms with E-state index in [4.69, 9.17) is 17.0 Å². The second-order valence-electron chi connectivity index (χ2n) is 5.83. The monoisotopic (exact) mass is 372 g/mol. The molecule has 2 N–H and O–H groups in total. The van der Waals surface area contributed by atoms with Crippen LogP contribution in [0.25, 0.3) is 5.69 Å². The summed E-state index contributed by atoms with van der Waals surface area (Å²) in [5, 5.41) is 14.0. The normalized spacial score (nSPS) is 10.7. The summed E-state index contributed by atoms with van der Waals surface area (Å²) < 4.78 is 9.34. The van der Waals surface area contributed by atoms with Crippen molar-refractivity contribution in [1.29, 1.82) is 0 Å². The Morgan fingerprint density at radius 2 is 2.19 bits per heavy atom. The zero-order chi connectivity index (χ0) is 18.7. The van der Waals surface area contributed by atoms with Crippen LogP contribution in [-0.4, -0.2) is 44.1 Å². The molecule has 0 fully saturated rings. The molecule has 3 rings (SSSR count). The Balaban J connectivity index is 1.67. The van der Waals surface area contributed by atoms with Gasteiger partial charge in [-0.05, 0) is 42.9 Å². The highest BCUT2D eigenvalue weighted by Gasteiger charge is 2.13. The number of aryl methyl sites for hydroxylation is 1. The van der Waals surface area contributed by atoms with Crippen molar-refractivity contribution in [2.75, 3.05) is 13.7 Å². The van der Waals surface area contributed by atoms with Crippen LogP contribution >= 0.6 is 12.2 Å². The maximum atomic E-state index is 12.3. The lowest BCUT2D eigenvalue weighted by Crippen LogP contribution is -2.27. The lowest BCUT2D eigenvalue weighted by atomic mass is 10.2. The van der Waals surface area contributed by atoms with Gasteiger partial charge < -0.3 is 14.6 Å². The molecule has 2 aromatic heterocycles. The van der Waals surface area contributed by atoms with Crippen molar-refractivity contribution in [3.8, 4) is 11.4 Å². The quantitative estimate of drug-likeness (QED) is 0.646. The highest BCUT2D eigenvalue weighted by Crippen LogP contribution is 2.23. The molecule has 0 radical (unpaired) electrons. The average Bonchev–Trinajstić information content (AvgIpc) is 3.24. The van der Waals surface area contributed by atoms with Crippen molar-refractivity contribution in [3.63, 3.8) is 0 Å². The SMILES string of the molecule is COc1ccc(C)cc1-n1ccc(C(=O)NCCc2n[nH]c(=S)n2C)n1. The Bertz CT molecular complexity index is 987. The van der Waals surface area contributed by atoms with Crippen LogP contribution in [-0.2, 0) is 13.5 Å². The number of nitrogens with zero attached hydrogens (tertiary/aromatic N) is 4. The Kier molecular flexibility index (Phi) is 5.17. The molecule has 0 aliphatic heterocycles. The fraction of sp³-hybridized carbons (Fsp3) is 0.294. The molecule has 1 aromatic carbocycles. The van der Waals surface area contributed by atoms with Crippen LogP contribution in [0.4, 0.5) is 0 Å². The van der Waals surface area contributed by atoms with Gasteiger partial charge in [0.2, 0.25) is 0 Å².